The normalized spacial score (nSPS) is 17.0. The summed E-state index contributed by atoms with van der Waals surface area (Å²) in [7, 11) is 4.77. The molecule has 2 amide bonds. The number of rotatable bonds is 9. The van der Waals surface area contributed by atoms with Gasteiger partial charge in [-0.15, -0.1) is 0 Å². The van der Waals surface area contributed by atoms with E-state index in [1.165, 1.54) is 0 Å². The first-order valence-corrected chi connectivity index (χ1v) is 14.9. The number of methoxy groups -OCH3 is 3. The van der Waals surface area contributed by atoms with Crippen LogP contribution >= 0.6 is 0 Å². The highest BCUT2D eigenvalue weighted by atomic mass is 16.5. The molecule has 0 bridgehead atoms. The van der Waals surface area contributed by atoms with Gasteiger partial charge in [-0.05, 0) is 62.3 Å². The number of carbonyl (C=O) groups is 2. The van der Waals surface area contributed by atoms with E-state index in [2.05, 4.69) is 13.8 Å². The van der Waals surface area contributed by atoms with Crippen molar-refractivity contribution >= 4 is 11.8 Å². The van der Waals surface area contributed by atoms with Gasteiger partial charge in [0.25, 0.3) is 5.91 Å². The van der Waals surface area contributed by atoms with Crippen molar-refractivity contribution in [1.29, 1.82) is 0 Å². The number of hydrogen-bond acceptors (Lipinski definition) is 6. The molecule has 0 aliphatic carbocycles. The number of nitrogens with zero attached hydrogens (tertiary/aromatic N) is 2. The van der Waals surface area contributed by atoms with E-state index in [4.69, 9.17) is 18.9 Å². The van der Waals surface area contributed by atoms with Crippen LogP contribution in [0.25, 0.3) is 0 Å². The number of benzene rings is 2. The summed E-state index contributed by atoms with van der Waals surface area (Å²) < 4.78 is 23.0. The number of ether oxygens (including phenoxy) is 4. The van der Waals surface area contributed by atoms with Crippen LogP contribution in [0.2, 0.25) is 0 Å². The van der Waals surface area contributed by atoms with Crippen molar-refractivity contribution in [3.8, 4) is 23.0 Å². The number of amides is 2. The summed E-state index contributed by atoms with van der Waals surface area (Å²) >= 11 is 0. The molecule has 0 spiro atoms. The van der Waals surface area contributed by atoms with Crippen LogP contribution in [-0.4, -0.2) is 75.2 Å². The van der Waals surface area contributed by atoms with Gasteiger partial charge >= 0.3 is 0 Å². The molecule has 3 rings (SSSR count). The second kappa shape index (κ2) is 16.1. The minimum Gasteiger partial charge on any atom is -0.493 e. The molecule has 1 aliphatic rings. The lowest BCUT2D eigenvalue weighted by atomic mass is 10.0. The van der Waals surface area contributed by atoms with E-state index in [9.17, 15) is 9.59 Å². The van der Waals surface area contributed by atoms with E-state index >= 15 is 0 Å². The average molecular weight is 569 g/mol. The molecule has 0 saturated carbocycles. The number of aryl methyl sites for hydroxylation is 1. The van der Waals surface area contributed by atoms with E-state index in [-0.39, 0.29) is 17.9 Å². The zero-order valence-electron chi connectivity index (χ0n) is 25.7. The van der Waals surface area contributed by atoms with Gasteiger partial charge in [-0.3, -0.25) is 9.59 Å². The fraction of sp³-hybridized carbons (Fsp3) is 0.576. The van der Waals surface area contributed by atoms with Gasteiger partial charge in [-0.1, -0.05) is 44.9 Å². The summed E-state index contributed by atoms with van der Waals surface area (Å²) in [6.45, 7) is 8.74. The molecule has 2 aromatic carbocycles. The molecule has 1 atom stereocenters. The molecule has 8 nitrogen and oxygen atoms in total. The zero-order chi connectivity index (χ0) is 29.8. The molecular formula is C33H48N2O6. The number of carbonyl (C=O) groups excluding carboxylic acids is 2. The first-order chi connectivity index (χ1) is 19.8. The Morgan fingerprint density at radius 1 is 0.951 bits per heavy atom. The van der Waals surface area contributed by atoms with Gasteiger partial charge < -0.3 is 28.7 Å². The van der Waals surface area contributed by atoms with Crippen LogP contribution in [0.4, 0.5) is 0 Å². The Kier molecular flexibility index (Phi) is 12.6. The highest BCUT2D eigenvalue weighted by Gasteiger charge is 2.27. The summed E-state index contributed by atoms with van der Waals surface area (Å²) in [6.07, 6.45) is 5.52. The van der Waals surface area contributed by atoms with Crippen molar-refractivity contribution in [2.75, 3.05) is 47.6 Å². The molecule has 1 heterocycles. The third kappa shape index (κ3) is 8.54. The van der Waals surface area contributed by atoms with E-state index in [1.54, 1.807) is 21.3 Å². The number of para-hydroxylation sites is 1. The third-order valence-corrected chi connectivity index (χ3v) is 7.69. The fourth-order valence-electron chi connectivity index (χ4n) is 5.55. The summed E-state index contributed by atoms with van der Waals surface area (Å²) in [6, 6.07) is 11.1. The maximum Gasteiger partial charge on any atom is 0.257 e. The molecule has 8 heteroatoms. The second-order valence-corrected chi connectivity index (χ2v) is 11.0. The van der Waals surface area contributed by atoms with Crippen LogP contribution in [-0.2, 0) is 11.2 Å². The van der Waals surface area contributed by atoms with Crippen molar-refractivity contribution in [2.45, 2.75) is 71.8 Å². The molecule has 1 aliphatic heterocycles. The largest absolute Gasteiger partial charge is 0.493 e. The standard InChI is InChI=1S/C33H48N2O6/c1-7-34-20-12-8-9-13-21-35(26(22-24(2)3)23-41-28-15-11-10-14-27(28)33(34)37)30(36)19-17-25-16-18-29(38-4)32(40-6)31(25)39-5/h10-11,14-16,18,24,26H,7-9,12-13,17,19-23H2,1-6H3/t26-/m0/s1. The van der Waals surface area contributed by atoms with Crippen LogP contribution in [0.3, 0.4) is 0 Å². The second-order valence-electron chi connectivity index (χ2n) is 11.0. The molecule has 0 N–H and O–H groups in total. The Bertz CT molecular complexity index is 1130. The van der Waals surface area contributed by atoms with Crippen molar-refractivity contribution in [1.82, 2.24) is 9.80 Å². The van der Waals surface area contributed by atoms with Crippen LogP contribution in [0.1, 0.15) is 75.2 Å². The first-order valence-electron chi connectivity index (χ1n) is 14.9. The minimum atomic E-state index is -0.108. The molecule has 0 radical (unpaired) electrons. The average Bonchev–Trinajstić information content (AvgIpc) is 2.98. The van der Waals surface area contributed by atoms with E-state index in [0.29, 0.717) is 67.0 Å². The lowest BCUT2D eigenvalue weighted by Gasteiger charge is -2.34. The zero-order valence-corrected chi connectivity index (χ0v) is 25.7. The van der Waals surface area contributed by atoms with Gasteiger partial charge in [0.1, 0.15) is 12.4 Å². The predicted octanol–water partition coefficient (Wildman–Crippen LogP) is 6.00. The molecular weight excluding hydrogens is 520 g/mol. The minimum absolute atomic E-state index is 0.00244. The van der Waals surface area contributed by atoms with Crippen molar-refractivity contribution in [3.05, 3.63) is 47.5 Å². The van der Waals surface area contributed by atoms with E-state index in [0.717, 1.165) is 44.2 Å². The molecule has 41 heavy (non-hydrogen) atoms. The van der Waals surface area contributed by atoms with Crippen molar-refractivity contribution < 1.29 is 28.5 Å². The Labute approximate surface area is 245 Å². The fourth-order valence-corrected chi connectivity index (χ4v) is 5.55. The van der Waals surface area contributed by atoms with Gasteiger partial charge in [-0.2, -0.15) is 0 Å². The highest BCUT2D eigenvalue weighted by Crippen LogP contribution is 2.40. The summed E-state index contributed by atoms with van der Waals surface area (Å²) in [5, 5.41) is 0. The van der Waals surface area contributed by atoms with Crippen LogP contribution in [0.5, 0.6) is 23.0 Å². The van der Waals surface area contributed by atoms with Gasteiger partial charge in [-0.25, -0.2) is 0 Å². The SMILES string of the molecule is CCN1CCCCCCN(C(=O)CCc2ccc(OC)c(OC)c2OC)[C@@H](CC(C)C)COc2ccccc2C1=O. The Morgan fingerprint density at radius 2 is 1.66 bits per heavy atom. The molecule has 0 saturated heterocycles. The lowest BCUT2D eigenvalue weighted by molar-refractivity contribution is -0.134. The monoisotopic (exact) mass is 568 g/mol. The molecule has 226 valence electrons. The predicted molar refractivity (Wildman–Crippen MR) is 161 cm³/mol. The topological polar surface area (TPSA) is 77.5 Å². The quantitative estimate of drug-likeness (QED) is 0.369. The third-order valence-electron chi connectivity index (χ3n) is 7.69. The van der Waals surface area contributed by atoms with Gasteiger partial charge in [0.15, 0.2) is 11.5 Å². The van der Waals surface area contributed by atoms with Crippen LogP contribution < -0.4 is 18.9 Å². The van der Waals surface area contributed by atoms with Gasteiger partial charge in [0.05, 0.1) is 32.9 Å². The first kappa shape index (κ1) is 32.1. The van der Waals surface area contributed by atoms with Crippen LogP contribution in [0, 0.1) is 5.92 Å². The summed E-state index contributed by atoms with van der Waals surface area (Å²) in [5.41, 5.74) is 1.47. The molecule has 0 aromatic heterocycles. The maximum absolute atomic E-state index is 13.9. The smallest absolute Gasteiger partial charge is 0.257 e. The van der Waals surface area contributed by atoms with Gasteiger partial charge in [0.2, 0.25) is 11.7 Å². The Hall–Kier alpha value is -3.42. The Balaban J connectivity index is 1.86. The molecule has 0 unspecified atom stereocenters. The summed E-state index contributed by atoms with van der Waals surface area (Å²) in [5.74, 6) is 2.73. The number of fused-ring (bicyclic) bond motifs is 1. The van der Waals surface area contributed by atoms with Crippen LogP contribution in [0.15, 0.2) is 36.4 Å². The van der Waals surface area contributed by atoms with Crippen molar-refractivity contribution in [3.63, 3.8) is 0 Å². The van der Waals surface area contributed by atoms with E-state index < -0.39 is 0 Å². The highest BCUT2D eigenvalue weighted by molar-refractivity contribution is 5.97. The van der Waals surface area contributed by atoms with Gasteiger partial charge in [0, 0.05) is 26.1 Å². The Morgan fingerprint density at radius 3 is 2.32 bits per heavy atom. The number of hydrogen-bond donors (Lipinski definition) is 0. The van der Waals surface area contributed by atoms with Crippen molar-refractivity contribution in [2.24, 2.45) is 5.92 Å². The molecule has 2 aromatic rings. The van der Waals surface area contributed by atoms with E-state index in [1.807, 2.05) is 53.1 Å². The maximum atomic E-state index is 13.9. The molecule has 0 fully saturated rings. The lowest BCUT2D eigenvalue weighted by Crippen LogP contribution is -2.45. The summed E-state index contributed by atoms with van der Waals surface area (Å²) in [4.78, 5) is 31.2.